The number of H-pyrrole nitrogens is 1. The Balaban J connectivity index is 2.13. The predicted molar refractivity (Wildman–Crippen MR) is 67.3 cm³/mol. The molecule has 2 rings (SSSR count). The molecule has 2 nitrogen and oxygen atoms in total. The molecular formula is C14H18N2. The van der Waals surface area contributed by atoms with Crippen LogP contribution in [-0.2, 0) is 6.42 Å². The molecule has 1 N–H and O–H groups in total. The molecule has 0 bridgehead atoms. The molecule has 0 aliphatic carbocycles. The molecule has 2 aromatic rings. The van der Waals surface area contributed by atoms with Crippen molar-refractivity contribution in [1.82, 2.24) is 10.2 Å². The third-order valence-electron chi connectivity index (χ3n) is 2.83. The standard InChI is InChI=1S/C14H18N2/c1-2-3-5-10-14-13(11-15-16-14)12-8-6-4-7-9-12/h4,6-9,11H,2-3,5,10H2,1H3,(H,15,16). The van der Waals surface area contributed by atoms with E-state index in [2.05, 4.69) is 41.4 Å². The van der Waals surface area contributed by atoms with E-state index in [4.69, 9.17) is 0 Å². The minimum Gasteiger partial charge on any atom is -0.282 e. The Hall–Kier alpha value is -1.57. The molecule has 0 radical (unpaired) electrons. The van der Waals surface area contributed by atoms with Gasteiger partial charge >= 0.3 is 0 Å². The van der Waals surface area contributed by atoms with Crippen LogP contribution >= 0.6 is 0 Å². The van der Waals surface area contributed by atoms with Crippen LogP contribution in [0.25, 0.3) is 11.1 Å². The summed E-state index contributed by atoms with van der Waals surface area (Å²) in [7, 11) is 0. The first-order chi connectivity index (χ1) is 7.92. The number of rotatable bonds is 5. The molecule has 0 aliphatic heterocycles. The fourth-order valence-electron chi connectivity index (χ4n) is 1.92. The zero-order chi connectivity index (χ0) is 11.2. The van der Waals surface area contributed by atoms with E-state index < -0.39 is 0 Å². The van der Waals surface area contributed by atoms with Gasteiger partial charge in [0.25, 0.3) is 0 Å². The van der Waals surface area contributed by atoms with E-state index in [1.165, 1.54) is 36.1 Å². The van der Waals surface area contributed by atoms with Crippen molar-refractivity contribution in [2.75, 3.05) is 0 Å². The first kappa shape index (κ1) is 10.9. The molecule has 16 heavy (non-hydrogen) atoms. The van der Waals surface area contributed by atoms with Crippen LogP contribution in [0.5, 0.6) is 0 Å². The fraction of sp³-hybridized carbons (Fsp3) is 0.357. The van der Waals surface area contributed by atoms with E-state index in [1.807, 2.05) is 12.3 Å². The zero-order valence-corrected chi connectivity index (χ0v) is 9.74. The molecule has 0 spiro atoms. The monoisotopic (exact) mass is 214 g/mol. The molecule has 0 aliphatic rings. The van der Waals surface area contributed by atoms with E-state index in [-0.39, 0.29) is 0 Å². The molecule has 1 heterocycles. The van der Waals surface area contributed by atoms with Crippen LogP contribution in [0, 0.1) is 0 Å². The first-order valence-corrected chi connectivity index (χ1v) is 5.99. The molecule has 0 saturated carbocycles. The second-order valence-corrected chi connectivity index (χ2v) is 4.09. The summed E-state index contributed by atoms with van der Waals surface area (Å²) in [4.78, 5) is 0. The summed E-state index contributed by atoms with van der Waals surface area (Å²) in [6, 6.07) is 10.4. The molecule has 0 fully saturated rings. The van der Waals surface area contributed by atoms with Gasteiger partial charge < -0.3 is 0 Å². The number of nitrogens with zero attached hydrogens (tertiary/aromatic N) is 1. The summed E-state index contributed by atoms with van der Waals surface area (Å²) in [6.45, 7) is 2.23. The van der Waals surface area contributed by atoms with E-state index >= 15 is 0 Å². The average molecular weight is 214 g/mol. The van der Waals surface area contributed by atoms with E-state index in [0.29, 0.717) is 0 Å². The maximum atomic E-state index is 4.15. The lowest BCUT2D eigenvalue weighted by atomic mass is 10.0. The van der Waals surface area contributed by atoms with Gasteiger partial charge in [-0.3, -0.25) is 5.10 Å². The lowest BCUT2D eigenvalue weighted by molar-refractivity contribution is 0.706. The van der Waals surface area contributed by atoms with Crippen molar-refractivity contribution in [1.29, 1.82) is 0 Å². The van der Waals surface area contributed by atoms with E-state index in [9.17, 15) is 0 Å². The van der Waals surface area contributed by atoms with Gasteiger partial charge in [0.2, 0.25) is 0 Å². The van der Waals surface area contributed by atoms with Gasteiger partial charge in [-0.15, -0.1) is 0 Å². The number of benzene rings is 1. The highest BCUT2D eigenvalue weighted by atomic mass is 15.1. The average Bonchev–Trinajstić information content (AvgIpc) is 2.79. The van der Waals surface area contributed by atoms with Gasteiger partial charge in [0.05, 0.1) is 6.20 Å². The first-order valence-electron chi connectivity index (χ1n) is 5.99. The third-order valence-corrected chi connectivity index (χ3v) is 2.83. The Labute approximate surface area is 96.7 Å². The summed E-state index contributed by atoms with van der Waals surface area (Å²) < 4.78 is 0. The van der Waals surface area contributed by atoms with Crippen LogP contribution in [0.2, 0.25) is 0 Å². The van der Waals surface area contributed by atoms with Crippen molar-refractivity contribution < 1.29 is 0 Å². The zero-order valence-electron chi connectivity index (χ0n) is 9.74. The van der Waals surface area contributed by atoms with Crippen molar-refractivity contribution >= 4 is 0 Å². The predicted octanol–water partition coefficient (Wildman–Crippen LogP) is 3.81. The number of hydrogen-bond acceptors (Lipinski definition) is 1. The number of aromatic nitrogens is 2. The summed E-state index contributed by atoms with van der Waals surface area (Å²) in [5, 5.41) is 7.27. The van der Waals surface area contributed by atoms with Crippen LogP contribution in [0.3, 0.4) is 0 Å². The summed E-state index contributed by atoms with van der Waals surface area (Å²) in [5.41, 5.74) is 3.76. The van der Waals surface area contributed by atoms with Crippen molar-refractivity contribution in [3.05, 3.63) is 42.2 Å². The number of aromatic amines is 1. The highest BCUT2D eigenvalue weighted by molar-refractivity contribution is 5.64. The minimum absolute atomic E-state index is 1.10. The van der Waals surface area contributed by atoms with Crippen LogP contribution < -0.4 is 0 Å². The largest absolute Gasteiger partial charge is 0.282 e. The lowest BCUT2D eigenvalue weighted by Gasteiger charge is -2.02. The van der Waals surface area contributed by atoms with Gasteiger partial charge in [-0.25, -0.2) is 0 Å². The molecule has 0 atom stereocenters. The smallest absolute Gasteiger partial charge is 0.0568 e. The summed E-state index contributed by atoms with van der Waals surface area (Å²) >= 11 is 0. The third kappa shape index (κ3) is 2.51. The number of nitrogens with one attached hydrogen (secondary N) is 1. The van der Waals surface area contributed by atoms with Crippen LogP contribution in [0.1, 0.15) is 31.9 Å². The number of hydrogen-bond donors (Lipinski definition) is 1. The minimum atomic E-state index is 1.10. The Morgan fingerprint density at radius 2 is 1.94 bits per heavy atom. The molecule has 0 unspecified atom stereocenters. The van der Waals surface area contributed by atoms with Gasteiger partial charge in [-0.2, -0.15) is 5.10 Å². The van der Waals surface area contributed by atoms with E-state index in [1.54, 1.807) is 0 Å². The quantitative estimate of drug-likeness (QED) is 0.753. The van der Waals surface area contributed by atoms with Gasteiger partial charge in [-0.1, -0.05) is 50.1 Å². The lowest BCUT2D eigenvalue weighted by Crippen LogP contribution is -1.89. The molecule has 1 aromatic carbocycles. The summed E-state index contributed by atoms with van der Waals surface area (Å²) in [6.07, 6.45) is 6.80. The SMILES string of the molecule is CCCCCc1[nH]ncc1-c1ccccc1. The second kappa shape index (κ2) is 5.50. The Kier molecular flexibility index (Phi) is 3.76. The molecule has 1 aromatic heterocycles. The van der Waals surface area contributed by atoms with E-state index in [0.717, 1.165) is 6.42 Å². The van der Waals surface area contributed by atoms with Crippen LogP contribution in [0.15, 0.2) is 36.5 Å². The van der Waals surface area contributed by atoms with Crippen molar-refractivity contribution in [2.24, 2.45) is 0 Å². The van der Waals surface area contributed by atoms with Crippen LogP contribution in [0.4, 0.5) is 0 Å². The highest BCUT2D eigenvalue weighted by Crippen LogP contribution is 2.22. The van der Waals surface area contributed by atoms with Crippen molar-refractivity contribution in [2.45, 2.75) is 32.6 Å². The van der Waals surface area contributed by atoms with Gasteiger partial charge in [0.1, 0.15) is 0 Å². The molecule has 84 valence electrons. The van der Waals surface area contributed by atoms with Gasteiger partial charge in [-0.05, 0) is 18.4 Å². The molecule has 0 amide bonds. The molecule has 0 saturated heterocycles. The van der Waals surface area contributed by atoms with Crippen LogP contribution in [-0.4, -0.2) is 10.2 Å². The topological polar surface area (TPSA) is 28.7 Å². The fourth-order valence-corrected chi connectivity index (χ4v) is 1.92. The normalized spacial score (nSPS) is 10.6. The Morgan fingerprint density at radius 3 is 2.69 bits per heavy atom. The van der Waals surface area contributed by atoms with Gasteiger partial charge in [0.15, 0.2) is 0 Å². The number of unbranched alkanes of at least 4 members (excludes halogenated alkanes) is 2. The maximum Gasteiger partial charge on any atom is 0.0568 e. The van der Waals surface area contributed by atoms with Crippen molar-refractivity contribution in [3.63, 3.8) is 0 Å². The number of aryl methyl sites for hydroxylation is 1. The van der Waals surface area contributed by atoms with Gasteiger partial charge in [0, 0.05) is 11.3 Å². The van der Waals surface area contributed by atoms with Crippen molar-refractivity contribution in [3.8, 4) is 11.1 Å². The molecular weight excluding hydrogens is 196 g/mol. The Morgan fingerprint density at radius 1 is 1.12 bits per heavy atom. The second-order valence-electron chi connectivity index (χ2n) is 4.09. The Bertz CT molecular complexity index is 417. The molecule has 2 heteroatoms. The summed E-state index contributed by atoms with van der Waals surface area (Å²) in [5.74, 6) is 0. The highest BCUT2D eigenvalue weighted by Gasteiger charge is 2.06. The maximum absolute atomic E-state index is 4.15.